The van der Waals surface area contributed by atoms with Gasteiger partial charge in [-0.05, 0) is 30.5 Å². The highest BCUT2D eigenvalue weighted by atomic mass is 32.3. The normalized spacial score (nSPS) is 20.4. The van der Waals surface area contributed by atoms with E-state index in [1.54, 1.807) is 12.1 Å². The first-order chi connectivity index (χ1) is 14.5. The zero-order valence-corrected chi connectivity index (χ0v) is 16.7. The largest absolute Gasteiger partial charge is 0.465 e. The van der Waals surface area contributed by atoms with E-state index in [4.69, 9.17) is 9.66 Å². The molecule has 1 aromatic carbocycles. The van der Waals surface area contributed by atoms with Crippen LogP contribution < -0.4 is 16.2 Å². The lowest BCUT2D eigenvalue weighted by molar-refractivity contribution is -0.126. The van der Waals surface area contributed by atoms with Crippen molar-refractivity contribution >= 4 is 34.3 Å². The van der Waals surface area contributed by atoms with Crippen LogP contribution in [0.3, 0.4) is 0 Å². The highest BCUT2D eigenvalue weighted by Gasteiger charge is 2.49. The molecular weight excluding hydrogens is 438 g/mol. The number of carboxylic acid groups (broad SMARTS) is 1. The third-order valence-electron chi connectivity index (χ3n) is 4.76. The summed E-state index contributed by atoms with van der Waals surface area (Å²) in [7, 11) is -4.89. The Kier molecular flexibility index (Phi) is 6.28. The standard InChI is InChI=1S/C16H19N5O9S/c22-13(10-3-1-9(2-4-10)7-17-15(24)25)18-19-14(23)12-6-5-11-8-20(12)16(26)21(11)30-31(27,28)29/h1-4,11-12,17H,5-8H2,(H,18,22)(H,19,23)(H,24,25)(H,27,28,29)/t11-,12+/m1/s1. The lowest BCUT2D eigenvalue weighted by Gasteiger charge is -2.29. The molecule has 2 atom stereocenters. The Morgan fingerprint density at radius 2 is 1.81 bits per heavy atom. The van der Waals surface area contributed by atoms with Crippen molar-refractivity contribution in [2.75, 3.05) is 6.54 Å². The predicted molar refractivity (Wildman–Crippen MR) is 100 cm³/mol. The van der Waals surface area contributed by atoms with Crippen molar-refractivity contribution in [1.82, 2.24) is 26.1 Å². The van der Waals surface area contributed by atoms with Crippen molar-refractivity contribution in [3.05, 3.63) is 35.4 Å². The molecule has 1 aromatic rings. The van der Waals surface area contributed by atoms with Crippen LogP contribution in [0.1, 0.15) is 28.8 Å². The fraction of sp³-hybridized carbons (Fsp3) is 0.375. The smallest absolute Gasteiger partial charge is 0.418 e. The molecule has 2 bridgehead atoms. The van der Waals surface area contributed by atoms with Crippen molar-refractivity contribution in [2.24, 2.45) is 0 Å². The molecule has 0 aromatic heterocycles. The molecule has 0 saturated carbocycles. The molecule has 0 unspecified atom stereocenters. The zero-order valence-electron chi connectivity index (χ0n) is 15.8. The molecule has 5 amide bonds. The van der Waals surface area contributed by atoms with Crippen molar-refractivity contribution in [1.29, 1.82) is 0 Å². The van der Waals surface area contributed by atoms with Crippen molar-refractivity contribution < 1.29 is 41.5 Å². The summed E-state index contributed by atoms with van der Waals surface area (Å²) in [5.74, 6) is -1.32. The lowest BCUT2D eigenvalue weighted by atomic mass is 10.0. The van der Waals surface area contributed by atoms with Crippen molar-refractivity contribution in [3.63, 3.8) is 0 Å². The van der Waals surface area contributed by atoms with Gasteiger partial charge in [0, 0.05) is 18.7 Å². The van der Waals surface area contributed by atoms with Gasteiger partial charge in [0.05, 0.1) is 6.04 Å². The van der Waals surface area contributed by atoms with Gasteiger partial charge in [-0.3, -0.25) is 25.0 Å². The molecule has 168 valence electrons. The Balaban J connectivity index is 1.54. The Bertz CT molecular complexity index is 997. The Hall–Kier alpha value is -3.43. The zero-order chi connectivity index (χ0) is 22.8. The molecule has 2 aliphatic heterocycles. The molecular formula is C16H19N5O9S. The van der Waals surface area contributed by atoms with Gasteiger partial charge >= 0.3 is 22.5 Å². The number of carbonyl (C=O) groups is 4. The molecule has 0 aliphatic carbocycles. The first-order valence-electron chi connectivity index (χ1n) is 8.98. The molecule has 2 fully saturated rings. The molecule has 5 N–H and O–H groups in total. The summed E-state index contributed by atoms with van der Waals surface area (Å²) in [6, 6.07) is 3.48. The number of nitrogens with zero attached hydrogens (tertiary/aromatic N) is 2. The van der Waals surface area contributed by atoms with E-state index < -0.39 is 46.4 Å². The minimum absolute atomic E-state index is 0.0201. The number of piperidine rings is 1. The van der Waals surface area contributed by atoms with E-state index >= 15 is 0 Å². The van der Waals surface area contributed by atoms with E-state index in [-0.39, 0.29) is 31.5 Å². The molecule has 2 heterocycles. The number of fused-ring (bicyclic) bond motifs is 2. The van der Waals surface area contributed by atoms with Crippen LogP contribution in [0.5, 0.6) is 0 Å². The highest BCUT2D eigenvalue weighted by molar-refractivity contribution is 7.80. The van der Waals surface area contributed by atoms with Gasteiger partial charge in [-0.25, -0.2) is 9.59 Å². The Morgan fingerprint density at radius 3 is 2.42 bits per heavy atom. The number of hydroxylamine groups is 2. The minimum Gasteiger partial charge on any atom is -0.465 e. The third-order valence-corrected chi connectivity index (χ3v) is 5.11. The molecule has 2 saturated heterocycles. The van der Waals surface area contributed by atoms with Crippen LogP contribution in [-0.2, 0) is 26.0 Å². The van der Waals surface area contributed by atoms with E-state index in [0.717, 1.165) is 4.90 Å². The summed E-state index contributed by atoms with van der Waals surface area (Å²) in [4.78, 5) is 48.5. The fourth-order valence-electron chi connectivity index (χ4n) is 3.33. The molecule has 31 heavy (non-hydrogen) atoms. The minimum atomic E-state index is -4.89. The van der Waals surface area contributed by atoms with Crippen molar-refractivity contribution in [2.45, 2.75) is 31.5 Å². The molecule has 14 nitrogen and oxygen atoms in total. The molecule has 15 heteroatoms. The number of hydrogen-bond acceptors (Lipinski definition) is 7. The summed E-state index contributed by atoms with van der Waals surface area (Å²) in [5, 5.41) is 11.3. The summed E-state index contributed by atoms with van der Waals surface area (Å²) in [6.45, 7) is 0.0883. The molecule has 3 rings (SSSR count). The van der Waals surface area contributed by atoms with Gasteiger partial charge < -0.3 is 15.3 Å². The Labute approximate surface area is 176 Å². The van der Waals surface area contributed by atoms with Gasteiger partial charge in [0.1, 0.15) is 6.04 Å². The summed E-state index contributed by atoms with van der Waals surface area (Å²) >= 11 is 0. The SMILES string of the molecule is O=C(O)NCc1ccc(C(=O)NNC(=O)[C@@H]2CC[C@@H]3CN2C(=O)N3OS(=O)(=O)O)cc1. The fourth-order valence-corrected chi connectivity index (χ4v) is 3.72. The van der Waals surface area contributed by atoms with Crippen LogP contribution in [0, 0.1) is 0 Å². The van der Waals surface area contributed by atoms with Gasteiger partial charge in [-0.15, -0.1) is 4.28 Å². The van der Waals surface area contributed by atoms with E-state index in [2.05, 4.69) is 20.5 Å². The second-order valence-electron chi connectivity index (χ2n) is 6.81. The number of urea groups is 1. The molecule has 0 spiro atoms. The van der Waals surface area contributed by atoms with Crippen LogP contribution in [0.15, 0.2) is 24.3 Å². The first kappa shape index (κ1) is 22.3. The number of amides is 5. The van der Waals surface area contributed by atoms with Crippen LogP contribution in [0.4, 0.5) is 9.59 Å². The monoisotopic (exact) mass is 457 g/mol. The van der Waals surface area contributed by atoms with Crippen LogP contribution in [-0.4, -0.2) is 70.6 Å². The number of carbonyl (C=O) groups excluding carboxylic acids is 3. The van der Waals surface area contributed by atoms with Gasteiger partial charge in [0.25, 0.3) is 11.8 Å². The second-order valence-corrected chi connectivity index (χ2v) is 7.81. The number of benzene rings is 1. The van der Waals surface area contributed by atoms with E-state index in [0.29, 0.717) is 10.6 Å². The maximum atomic E-state index is 12.5. The maximum absolute atomic E-state index is 12.5. The van der Waals surface area contributed by atoms with Crippen LogP contribution in [0.25, 0.3) is 0 Å². The van der Waals surface area contributed by atoms with Gasteiger partial charge in [-0.1, -0.05) is 12.1 Å². The number of hydrogen-bond donors (Lipinski definition) is 5. The van der Waals surface area contributed by atoms with Gasteiger partial charge in [0.2, 0.25) is 0 Å². The maximum Gasteiger partial charge on any atom is 0.418 e. The topological polar surface area (TPSA) is 195 Å². The van der Waals surface area contributed by atoms with Crippen molar-refractivity contribution in [3.8, 4) is 0 Å². The average Bonchev–Trinajstić information content (AvgIpc) is 2.94. The Morgan fingerprint density at radius 1 is 1.13 bits per heavy atom. The van der Waals surface area contributed by atoms with E-state index in [9.17, 15) is 27.6 Å². The quantitative estimate of drug-likeness (QED) is 0.269. The number of nitrogens with one attached hydrogen (secondary N) is 3. The molecule has 2 aliphatic rings. The van der Waals surface area contributed by atoms with Gasteiger partial charge in [-0.2, -0.15) is 13.5 Å². The van der Waals surface area contributed by atoms with E-state index in [1.165, 1.54) is 12.1 Å². The first-order valence-corrected chi connectivity index (χ1v) is 10.3. The summed E-state index contributed by atoms with van der Waals surface area (Å²) in [5.41, 5.74) is 5.27. The summed E-state index contributed by atoms with van der Waals surface area (Å²) in [6.07, 6.45) is -0.743. The van der Waals surface area contributed by atoms with E-state index in [1.807, 2.05) is 0 Å². The average molecular weight is 457 g/mol. The second kappa shape index (κ2) is 8.75. The number of hydrazine groups is 1. The number of rotatable bonds is 6. The van der Waals surface area contributed by atoms with Crippen LogP contribution in [0.2, 0.25) is 0 Å². The lowest BCUT2D eigenvalue weighted by Crippen LogP contribution is -2.54. The molecule has 0 radical (unpaired) electrons. The van der Waals surface area contributed by atoms with Gasteiger partial charge in [0.15, 0.2) is 0 Å². The van der Waals surface area contributed by atoms with Crippen LogP contribution >= 0.6 is 0 Å². The highest BCUT2D eigenvalue weighted by Crippen LogP contribution is 2.30. The summed E-state index contributed by atoms with van der Waals surface area (Å²) < 4.78 is 34.9. The third kappa shape index (κ3) is 5.39. The predicted octanol–water partition coefficient (Wildman–Crippen LogP) is -0.782.